The van der Waals surface area contributed by atoms with E-state index in [1.807, 2.05) is 42.3 Å². The van der Waals surface area contributed by atoms with E-state index in [2.05, 4.69) is 0 Å². The van der Waals surface area contributed by atoms with E-state index < -0.39 is 28.1 Å². The van der Waals surface area contributed by atoms with Crippen LogP contribution in [0.2, 0.25) is 0 Å². The third kappa shape index (κ3) is 6.51. The Morgan fingerprint density at radius 3 is 2.30 bits per heavy atom. The molecule has 0 spiro atoms. The molecule has 44 heavy (non-hydrogen) atoms. The van der Waals surface area contributed by atoms with Gasteiger partial charge < -0.3 is 14.0 Å². The summed E-state index contributed by atoms with van der Waals surface area (Å²) in [5.41, 5.74) is 1.26. The van der Waals surface area contributed by atoms with Crippen molar-refractivity contribution in [2.45, 2.75) is 26.6 Å². The maximum absolute atomic E-state index is 14.8. The third-order valence-corrected chi connectivity index (χ3v) is 8.20. The fraction of sp³-hybridized carbons (Fsp3) is 0.188. The lowest BCUT2D eigenvalue weighted by molar-refractivity contribution is -0.384. The lowest BCUT2D eigenvalue weighted by Gasteiger charge is -2.18. The van der Waals surface area contributed by atoms with Crippen molar-refractivity contribution < 1.29 is 28.0 Å². The minimum Gasteiger partial charge on any atom is -0.434 e. The first-order chi connectivity index (χ1) is 21.2. The van der Waals surface area contributed by atoms with Gasteiger partial charge in [-0.2, -0.15) is 0 Å². The number of carbonyl (C=O) groups is 1. The number of nitro benzene ring substituents is 1. The second kappa shape index (κ2) is 13.1. The molecule has 0 aliphatic heterocycles. The lowest BCUT2D eigenvalue weighted by Crippen LogP contribution is -2.21. The molecule has 226 valence electrons. The number of hydrogen-bond donors (Lipinski definition) is 0. The van der Waals surface area contributed by atoms with Crippen LogP contribution in [0.5, 0.6) is 5.75 Å². The number of carbonyl (C=O) groups excluding carboxylic acids is 1. The van der Waals surface area contributed by atoms with Crippen LogP contribution in [0.4, 0.5) is 19.3 Å². The van der Waals surface area contributed by atoms with Crippen molar-refractivity contribution in [2.24, 2.45) is 0 Å². The molecule has 0 aliphatic rings. The van der Waals surface area contributed by atoms with E-state index in [0.29, 0.717) is 27.4 Å². The van der Waals surface area contributed by atoms with Gasteiger partial charge in [-0.15, -0.1) is 11.3 Å². The molecular formula is C32H27F2N3O6S. The number of nitrogens with zero attached hydrogens (tertiary/aromatic N) is 3. The highest BCUT2D eigenvalue weighted by atomic mass is 32.1. The number of hydrogen-bond acceptors (Lipinski definition) is 8. The van der Waals surface area contributed by atoms with Crippen molar-refractivity contribution in [2.75, 3.05) is 13.7 Å². The standard InChI is InChI=1S/C32H27F2N3O6S/c1-3-42-32(39)43-27-19-36(18-23-25(33)10-7-11-26(23)34)31-28(29(27)38)24(17-35(2)16-20-8-5-4-6-9-20)30(44-31)21-12-14-22(15-13-21)37(40)41/h4-15,19H,3,16-18H2,1-2H3. The molecule has 0 bridgehead atoms. The number of thiophene rings is 1. The summed E-state index contributed by atoms with van der Waals surface area (Å²) in [6.45, 7) is 2.07. The first-order valence-electron chi connectivity index (χ1n) is 13.6. The molecule has 5 rings (SSSR count). The second-order valence-electron chi connectivity index (χ2n) is 9.99. The molecule has 0 radical (unpaired) electrons. The summed E-state index contributed by atoms with van der Waals surface area (Å²) in [5, 5.41) is 11.5. The monoisotopic (exact) mass is 619 g/mol. The highest BCUT2D eigenvalue weighted by Crippen LogP contribution is 2.40. The average Bonchev–Trinajstić information content (AvgIpc) is 3.37. The van der Waals surface area contributed by atoms with Crippen molar-refractivity contribution in [1.29, 1.82) is 0 Å². The molecule has 0 fully saturated rings. The Kier molecular flexibility index (Phi) is 9.12. The summed E-state index contributed by atoms with van der Waals surface area (Å²) in [6.07, 6.45) is 0.141. The highest BCUT2D eigenvalue weighted by Gasteiger charge is 2.25. The van der Waals surface area contributed by atoms with Gasteiger partial charge in [-0.1, -0.05) is 36.4 Å². The van der Waals surface area contributed by atoms with Crippen molar-refractivity contribution in [3.05, 3.63) is 128 Å². The Morgan fingerprint density at radius 2 is 1.66 bits per heavy atom. The summed E-state index contributed by atoms with van der Waals surface area (Å²) < 4.78 is 41.2. The normalized spacial score (nSPS) is 11.2. The van der Waals surface area contributed by atoms with E-state index in [-0.39, 0.29) is 42.1 Å². The number of ether oxygens (including phenoxy) is 2. The summed E-state index contributed by atoms with van der Waals surface area (Å²) in [5.74, 6) is -1.92. The van der Waals surface area contributed by atoms with Crippen LogP contribution in [0.3, 0.4) is 0 Å². The molecule has 0 amide bonds. The van der Waals surface area contributed by atoms with E-state index in [4.69, 9.17) is 9.47 Å². The maximum Gasteiger partial charge on any atom is 0.514 e. The van der Waals surface area contributed by atoms with Crippen LogP contribution in [0.15, 0.2) is 83.8 Å². The van der Waals surface area contributed by atoms with Crippen molar-refractivity contribution in [3.63, 3.8) is 0 Å². The van der Waals surface area contributed by atoms with Crippen LogP contribution >= 0.6 is 11.3 Å². The van der Waals surface area contributed by atoms with Gasteiger partial charge >= 0.3 is 6.16 Å². The van der Waals surface area contributed by atoms with Crippen LogP contribution in [-0.4, -0.2) is 34.2 Å². The fourth-order valence-electron chi connectivity index (χ4n) is 4.89. The number of fused-ring (bicyclic) bond motifs is 1. The zero-order valence-electron chi connectivity index (χ0n) is 23.8. The first-order valence-corrected chi connectivity index (χ1v) is 14.4. The Labute approximate surface area is 254 Å². The smallest absolute Gasteiger partial charge is 0.434 e. The lowest BCUT2D eigenvalue weighted by atomic mass is 10.0. The van der Waals surface area contributed by atoms with E-state index in [1.54, 1.807) is 19.1 Å². The molecule has 0 aliphatic carbocycles. The molecule has 0 unspecified atom stereocenters. The van der Waals surface area contributed by atoms with Gasteiger partial charge in [0.05, 0.1) is 29.7 Å². The summed E-state index contributed by atoms with van der Waals surface area (Å²) in [6, 6.07) is 19.1. The zero-order chi connectivity index (χ0) is 31.4. The number of nitro groups is 1. The molecule has 2 aromatic heterocycles. The molecular weight excluding hydrogens is 592 g/mol. The minimum atomic E-state index is -1.10. The average molecular weight is 620 g/mol. The number of rotatable bonds is 10. The quantitative estimate of drug-likeness (QED) is 0.0931. The van der Waals surface area contributed by atoms with Gasteiger partial charge in [0.1, 0.15) is 16.5 Å². The van der Waals surface area contributed by atoms with Gasteiger partial charge in [0, 0.05) is 35.7 Å². The Hall–Kier alpha value is -4.94. The van der Waals surface area contributed by atoms with E-state index in [9.17, 15) is 28.5 Å². The summed E-state index contributed by atoms with van der Waals surface area (Å²) in [7, 11) is 1.88. The van der Waals surface area contributed by atoms with Gasteiger partial charge in [0.25, 0.3) is 5.69 Å². The van der Waals surface area contributed by atoms with Crippen LogP contribution in [-0.2, 0) is 24.4 Å². The third-order valence-electron chi connectivity index (χ3n) is 6.88. The predicted molar refractivity (Wildman–Crippen MR) is 163 cm³/mol. The van der Waals surface area contributed by atoms with Crippen LogP contribution in [0.25, 0.3) is 20.7 Å². The summed E-state index contributed by atoms with van der Waals surface area (Å²) >= 11 is 1.20. The predicted octanol–water partition coefficient (Wildman–Crippen LogP) is 7.13. The largest absolute Gasteiger partial charge is 0.514 e. The van der Waals surface area contributed by atoms with Crippen molar-refractivity contribution in [3.8, 4) is 16.2 Å². The Balaban J connectivity index is 1.73. The SMILES string of the molecule is CCOC(=O)Oc1cn(Cc2c(F)cccc2F)c2sc(-c3ccc([N+](=O)[O-])cc3)c(CN(C)Cc3ccccc3)c2c1=O. The topological polar surface area (TPSA) is 104 Å². The van der Waals surface area contributed by atoms with E-state index >= 15 is 0 Å². The van der Waals surface area contributed by atoms with Crippen LogP contribution < -0.4 is 10.2 Å². The van der Waals surface area contributed by atoms with Gasteiger partial charge in [0.15, 0.2) is 5.75 Å². The molecule has 12 heteroatoms. The van der Waals surface area contributed by atoms with Crippen molar-refractivity contribution >= 4 is 33.4 Å². The fourth-order valence-corrected chi connectivity index (χ4v) is 6.18. The molecule has 0 saturated heterocycles. The van der Waals surface area contributed by atoms with Crippen LogP contribution in [0, 0.1) is 21.7 Å². The first kappa shape index (κ1) is 30.5. The number of non-ortho nitro benzene ring substituents is 1. The second-order valence-corrected chi connectivity index (χ2v) is 11.0. The highest BCUT2D eigenvalue weighted by molar-refractivity contribution is 7.22. The van der Waals surface area contributed by atoms with Gasteiger partial charge in [-0.25, -0.2) is 13.6 Å². The van der Waals surface area contributed by atoms with Crippen LogP contribution in [0.1, 0.15) is 23.6 Å². The maximum atomic E-state index is 14.8. The van der Waals surface area contributed by atoms with Gasteiger partial charge in [-0.3, -0.25) is 19.8 Å². The molecule has 2 heterocycles. The molecule has 0 N–H and O–H groups in total. The molecule has 0 saturated carbocycles. The molecule has 0 atom stereocenters. The number of pyridine rings is 1. The Morgan fingerprint density at radius 1 is 0.977 bits per heavy atom. The van der Waals surface area contributed by atoms with Crippen molar-refractivity contribution in [1.82, 2.24) is 9.47 Å². The molecule has 5 aromatic rings. The van der Waals surface area contributed by atoms with Gasteiger partial charge in [0.2, 0.25) is 5.43 Å². The number of benzene rings is 3. The number of aromatic nitrogens is 1. The Bertz CT molecular complexity index is 1870. The number of halogens is 2. The van der Waals surface area contributed by atoms with E-state index in [0.717, 1.165) is 17.7 Å². The molecule has 3 aromatic carbocycles. The minimum absolute atomic E-state index is 0.00792. The zero-order valence-corrected chi connectivity index (χ0v) is 24.6. The van der Waals surface area contributed by atoms with Gasteiger partial charge in [-0.05, 0) is 54.9 Å². The molecule has 9 nitrogen and oxygen atoms in total. The summed E-state index contributed by atoms with van der Waals surface area (Å²) in [4.78, 5) is 40.0. The van der Waals surface area contributed by atoms with E-state index in [1.165, 1.54) is 40.3 Å².